The molecule has 0 aromatic heterocycles. The predicted molar refractivity (Wildman–Crippen MR) is 84.5 cm³/mol. The summed E-state index contributed by atoms with van der Waals surface area (Å²) in [6.45, 7) is 2.15. The Hall–Kier alpha value is -1.43. The van der Waals surface area contributed by atoms with E-state index in [-0.39, 0.29) is 12.8 Å². The van der Waals surface area contributed by atoms with Gasteiger partial charge >= 0.3 is 16.1 Å². The summed E-state index contributed by atoms with van der Waals surface area (Å²) in [5.74, 6) is -1.34. The third kappa shape index (κ3) is 6.56. The molecule has 6 heteroatoms. The Kier molecular flexibility index (Phi) is 8.09. The van der Waals surface area contributed by atoms with E-state index in [4.69, 9.17) is 0 Å². The van der Waals surface area contributed by atoms with Gasteiger partial charge in [-0.1, -0.05) is 57.6 Å². The van der Waals surface area contributed by atoms with Gasteiger partial charge in [0.2, 0.25) is 0 Å². The first-order valence-electron chi connectivity index (χ1n) is 7.84. The number of unbranched alkanes of at least 4 members (excludes halogenated alkanes) is 6. The standard InChI is InChI=1S/C16H24O5S/c1-2-3-4-5-6-7-8-13-16(18)21-22(19,20)15-12-10-9-11-14(15)17/h9-10,12H,2-8,11,13H2,1H3. The fraction of sp³-hybridized carbons (Fsp3) is 0.625. The van der Waals surface area contributed by atoms with E-state index in [0.29, 0.717) is 6.42 Å². The van der Waals surface area contributed by atoms with Crippen molar-refractivity contribution in [2.75, 3.05) is 0 Å². The van der Waals surface area contributed by atoms with Crippen LogP contribution in [0.4, 0.5) is 0 Å². The third-order valence-electron chi connectivity index (χ3n) is 3.42. The van der Waals surface area contributed by atoms with E-state index in [1.807, 2.05) is 0 Å². The van der Waals surface area contributed by atoms with Crippen LogP contribution < -0.4 is 0 Å². The van der Waals surface area contributed by atoms with Crippen molar-refractivity contribution in [3.05, 3.63) is 23.1 Å². The predicted octanol–water partition coefficient (Wildman–Crippen LogP) is 3.41. The summed E-state index contributed by atoms with van der Waals surface area (Å²) in [6.07, 6.45) is 11.5. The van der Waals surface area contributed by atoms with Gasteiger partial charge in [0.25, 0.3) is 0 Å². The zero-order valence-electron chi connectivity index (χ0n) is 13.0. The molecule has 0 bridgehead atoms. The lowest BCUT2D eigenvalue weighted by Crippen LogP contribution is -2.20. The highest BCUT2D eigenvalue weighted by atomic mass is 32.2. The lowest BCUT2D eigenvalue weighted by atomic mass is 10.1. The van der Waals surface area contributed by atoms with Crippen molar-refractivity contribution in [3.63, 3.8) is 0 Å². The molecule has 0 spiro atoms. The molecule has 0 fully saturated rings. The van der Waals surface area contributed by atoms with Gasteiger partial charge in [-0.2, -0.15) is 8.42 Å². The molecule has 0 unspecified atom stereocenters. The highest BCUT2D eigenvalue weighted by Gasteiger charge is 2.28. The Morgan fingerprint density at radius 1 is 1.14 bits per heavy atom. The van der Waals surface area contributed by atoms with Gasteiger partial charge in [-0.3, -0.25) is 9.59 Å². The number of ketones is 1. The van der Waals surface area contributed by atoms with Crippen LogP contribution in [-0.4, -0.2) is 20.2 Å². The Bertz CT molecular complexity index is 543. The van der Waals surface area contributed by atoms with Gasteiger partial charge in [-0.25, -0.2) is 0 Å². The van der Waals surface area contributed by atoms with Crippen LogP contribution in [0.5, 0.6) is 0 Å². The molecule has 0 saturated heterocycles. The molecule has 0 aromatic carbocycles. The van der Waals surface area contributed by atoms with Gasteiger partial charge in [0.15, 0.2) is 5.78 Å². The Morgan fingerprint density at radius 3 is 2.41 bits per heavy atom. The lowest BCUT2D eigenvalue weighted by molar-refractivity contribution is -0.133. The van der Waals surface area contributed by atoms with E-state index in [9.17, 15) is 18.0 Å². The SMILES string of the molecule is CCCCCCCCCC(=O)OS(=O)(=O)C1=CC=CCC1=O. The largest absolute Gasteiger partial charge is 0.345 e. The molecule has 5 nitrogen and oxygen atoms in total. The Morgan fingerprint density at radius 2 is 1.77 bits per heavy atom. The van der Waals surface area contributed by atoms with Gasteiger partial charge in [0.1, 0.15) is 4.91 Å². The monoisotopic (exact) mass is 328 g/mol. The average molecular weight is 328 g/mol. The van der Waals surface area contributed by atoms with Crippen molar-refractivity contribution in [1.29, 1.82) is 0 Å². The van der Waals surface area contributed by atoms with Crippen molar-refractivity contribution in [2.24, 2.45) is 0 Å². The molecule has 0 N–H and O–H groups in total. The zero-order valence-corrected chi connectivity index (χ0v) is 13.9. The molecular weight excluding hydrogens is 304 g/mol. The highest BCUT2D eigenvalue weighted by Crippen LogP contribution is 2.18. The van der Waals surface area contributed by atoms with Gasteiger partial charge in [-0.05, 0) is 12.5 Å². The molecular formula is C16H24O5S. The molecule has 1 aliphatic rings. The normalized spacial score (nSPS) is 14.8. The van der Waals surface area contributed by atoms with Crippen LogP contribution in [-0.2, 0) is 23.9 Å². The Labute approximate surface area is 132 Å². The second-order valence-corrected chi connectivity index (χ2v) is 6.88. The van der Waals surface area contributed by atoms with Crippen LogP contribution in [0.3, 0.4) is 0 Å². The van der Waals surface area contributed by atoms with Crippen molar-refractivity contribution in [3.8, 4) is 0 Å². The van der Waals surface area contributed by atoms with E-state index < -0.39 is 26.8 Å². The van der Waals surface area contributed by atoms with E-state index in [0.717, 1.165) is 19.3 Å². The fourth-order valence-corrected chi connectivity index (χ4v) is 3.21. The number of allylic oxidation sites excluding steroid dienone is 4. The van der Waals surface area contributed by atoms with Crippen molar-refractivity contribution >= 4 is 21.9 Å². The van der Waals surface area contributed by atoms with Gasteiger partial charge in [0.05, 0.1) is 0 Å². The second-order valence-electron chi connectivity index (χ2n) is 5.37. The van der Waals surface area contributed by atoms with Crippen LogP contribution in [0.1, 0.15) is 64.7 Å². The quantitative estimate of drug-likeness (QED) is 0.453. The first-order chi connectivity index (χ1) is 10.5. The third-order valence-corrected chi connectivity index (χ3v) is 4.73. The molecule has 1 aliphatic carbocycles. The molecule has 0 atom stereocenters. The van der Waals surface area contributed by atoms with Gasteiger partial charge < -0.3 is 4.18 Å². The maximum absolute atomic E-state index is 11.8. The molecule has 0 saturated carbocycles. The molecule has 22 heavy (non-hydrogen) atoms. The summed E-state index contributed by atoms with van der Waals surface area (Å²) in [6, 6.07) is 0. The molecule has 0 aromatic rings. The minimum absolute atomic E-state index is 0.0143. The lowest BCUT2D eigenvalue weighted by Gasteiger charge is -2.09. The number of hydrogen-bond donors (Lipinski definition) is 0. The molecule has 0 amide bonds. The van der Waals surface area contributed by atoms with Crippen LogP contribution in [0.25, 0.3) is 0 Å². The number of rotatable bonds is 10. The highest BCUT2D eigenvalue weighted by molar-refractivity contribution is 7.92. The second kappa shape index (κ2) is 9.56. The van der Waals surface area contributed by atoms with Crippen LogP contribution in [0, 0.1) is 0 Å². The average Bonchev–Trinajstić information content (AvgIpc) is 2.46. The van der Waals surface area contributed by atoms with E-state index in [2.05, 4.69) is 11.1 Å². The summed E-state index contributed by atoms with van der Waals surface area (Å²) in [4.78, 5) is 22.7. The molecule has 1 rings (SSSR count). The number of carbonyl (C=O) groups excluding carboxylic acids is 2. The van der Waals surface area contributed by atoms with E-state index >= 15 is 0 Å². The van der Waals surface area contributed by atoms with E-state index in [1.54, 1.807) is 6.08 Å². The molecule has 0 aliphatic heterocycles. The smallest absolute Gasteiger partial charge is 0.342 e. The first-order valence-corrected chi connectivity index (χ1v) is 9.25. The fourth-order valence-electron chi connectivity index (χ4n) is 2.18. The number of Topliss-reactive ketones (excluding diaryl/α,β-unsaturated/α-hetero) is 1. The minimum atomic E-state index is -4.28. The van der Waals surface area contributed by atoms with Crippen molar-refractivity contribution < 1.29 is 22.2 Å². The Balaban J connectivity index is 2.31. The van der Waals surface area contributed by atoms with Crippen molar-refractivity contribution in [1.82, 2.24) is 0 Å². The number of carbonyl (C=O) groups is 2. The van der Waals surface area contributed by atoms with Crippen LogP contribution in [0.15, 0.2) is 23.1 Å². The van der Waals surface area contributed by atoms with Crippen LogP contribution >= 0.6 is 0 Å². The minimum Gasteiger partial charge on any atom is -0.342 e. The maximum Gasteiger partial charge on any atom is 0.345 e. The summed E-state index contributed by atoms with van der Waals surface area (Å²) in [7, 11) is -4.28. The molecule has 0 heterocycles. The summed E-state index contributed by atoms with van der Waals surface area (Å²) in [5, 5.41) is 0. The van der Waals surface area contributed by atoms with Crippen molar-refractivity contribution in [2.45, 2.75) is 64.7 Å². The summed E-state index contributed by atoms with van der Waals surface area (Å²) < 4.78 is 28.2. The maximum atomic E-state index is 11.8. The van der Waals surface area contributed by atoms with E-state index in [1.165, 1.54) is 31.4 Å². The van der Waals surface area contributed by atoms with Crippen LogP contribution in [0.2, 0.25) is 0 Å². The summed E-state index contributed by atoms with van der Waals surface area (Å²) >= 11 is 0. The first kappa shape index (κ1) is 18.6. The van der Waals surface area contributed by atoms with Gasteiger partial charge in [-0.15, -0.1) is 0 Å². The summed E-state index contributed by atoms with van der Waals surface area (Å²) in [5.41, 5.74) is 0. The topological polar surface area (TPSA) is 77.5 Å². The van der Waals surface area contributed by atoms with Gasteiger partial charge in [0, 0.05) is 12.8 Å². The molecule has 124 valence electrons. The zero-order chi connectivity index (χ0) is 16.4. The number of hydrogen-bond acceptors (Lipinski definition) is 5. The molecule has 0 radical (unpaired) electrons.